The summed E-state index contributed by atoms with van der Waals surface area (Å²) in [4.78, 5) is 0. The van der Waals surface area contributed by atoms with Crippen molar-refractivity contribution < 1.29 is 0 Å². The van der Waals surface area contributed by atoms with Gasteiger partial charge in [-0.3, -0.25) is 4.68 Å². The molecule has 21 heavy (non-hydrogen) atoms. The molecule has 0 unspecified atom stereocenters. The van der Waals surface area contributed by atoms with Crippen LogP contribution in [0.15, 0.2) is 48.5 Å². The Balaban J connectivity index is 2.29. The predicted octanol–water partition coefficient (Wildman–Crippen LogP) is 4.25. The number of benzene rings is 2. The van der Waals surface area contributed by atoms with Crippen LogP contribution in [0.25, 0.3) is 22.4 Å². The maximum absolute atomic E-state index is 6.27. The second kappa shape index (κ2) is 5.52. The van der Waals surface area contributed by atoms with Crippen LogP contribution in [0.2, 0.25) is 0 Å². The summed E-state index contributed by atoms with van der Waals surface area (Å²) in [6.45, 7) is 2.09. The summed E-state index contributed by atoms with van der Waals surface area (Å²) in [6.07, 6.45) is 0. The van der Waals surface area contributed by atoms with Gasteiger partial charge in [0, 0.05) is 16.2 Å². The van der Waals surface area contributed by atoms with Crippen molar-refractivity contribution >= 4 is 28.4 Å². The minimum Gasteiger partial charge on any atom is -0.383 e. The van der Waals surface area contributed by atoms with E-state index in [-0.39, 0.29) is 0 Å². The Morgan fingerprint density at radius 3 is 2.57 bits per heavy atom. The van der Waals surface area contributed by atoms with Crippen LogP contribution < -0.4 is 5.73 Å². The van der Waals surface area contributed by atoms with Gasteiger partial charge in [0.2, 0.25) is 0 Å². The smallest absolute Gasteiger partial charge is 0.129 e. The summed E-state index contributed by atoms with van der Waals surface area (Å²) in [5, 5.41) is 4.63. The summed E-state index contributed by atoms with van der Waals surface area (Å²) >= 11 is 2.34. The summed E-state index contributed by atoms with van der Waals surface area (Å²) < 4.78 is 2.91. The molecule has 3 nitrogen and oxygen atoms in total. The van der Waals surface area contributed by atoms with E-state index in [0.29, 0.717) is 5.82 Å². The van der Waals surface area contributed by atoms with Gasteiger partial charge in [-0.1, -0.05) is 48.0 Å². The first kappa shape index (κ1) is 14.1. The summed E-state index contributed by atoms with van der Waals surface area (Å²) in [7, 11) is 1.88. The second-order valence-electron chi connectivity index (χ2n) is 5.08. The van der Waals surface area contributed by atoms with Gasteiger partial charge in [-0.15, -0.1) is 0 Å². The zero-order valence-electron chi connectivity index (χ0n) is 12.0. The monoisotopic (exact) mass is 389 g/mol. The number of anilines is 1. The highest BCUT2D eigenvalue weighted by atomic mass is 127. The SMILES string of the molecule is Cc1cccc(-c2c(-c3ccccc3I)nn(C)c2N)c1. The highest BCUT2D eigenvalue weighted by molar-refractivity contribution is 14.1. The number of aryl methyl sites for hydroxylation is 2. The van der Waals surface area contributed by atoms with E-state index in [9.17, 15) is 0 Å². The highest BCUT2D eigenvalue weighted by Gasteiger charge is 2.18. The minimum absolute atomic E-state index is 0.690. The number of nitrogens with zero attached hydrogens (tertiary/aromatic N) is 2. The maximum Gasteiger partial charge on any atom is 0.129 e. The lowest BCUT2D eigenvalue weighted by atomic mass is 9.99. The van der Waals surface area contributed by atoms with Gasteiger partial charge >= 0.3 is 0 Å². The average Bonchev–Trinajstić information content (AvgIpc) is 2.75. The lowest BCUT2D eigenvalue weighted by molar-refractivity contribution is 0.782. The van der Waals surface area contributed by atoms with Gasteiger partial charge in [0.05, 0.1) is 5.56 Å². The van der Waals surface area contributed by atoms with Crippen LogP contribution in [0.4, 0.5) is 5.82 Å². The van der Waals surface area contributed by atoms with Crippen LogP contribution in [-0.4, -0.2) is 9.78 Å². The molecule has 1 aromatic heterocycles. The van der Waals surface area contributed by atoms with Crippen molar-refractivity contribution in [3.05, 3.63) is 57.7 Å². The lowest BCUT2D eigenvalue weighted by Crippen LogP contribution is -1.98. The van der Waals surface area contributed by atoms with Gasteiger partial charge < -0.3 is 5.73 Å². The quantitative estimate of drug-likeness (QED) is 0.666. The van der Waals surface area contributed by atoms with E-state index in [2.05, 4.69) is 71.0 Å². The molecule has 106 valence electrons. The largest absolute Gasteiger partial charge is 0.383 e. The van der Waals surface area contributed by atoms with Crippen molar-refractivity contribution in [3.8, 4) is 22.4 Å². The zero-order chi connectivity index (χ0) is 15.0. The highest BCUT2D eigenvalue weighted by Crippen LogP contribution is 2.37. The number of nitrogens with two attached hydrogens (primary N) is 1. The molecule has 3 aromatic rings. The molecule has 1 heterocycles. The Morgan fingerprint density at radius 1 is 1.10 bits per heavy atom. The molecular weight excluding hydrogens is 373 g/mol. The van der Waals surface area contributed by atoms with Crippen LogP contribution in [0.3, 0.4) is 0 Å². The molecule has 2 N–H and O–H groups in total. The minimum atomic E-state index is 0.690. The number of aromatic nitrogens is 2. The number of hydrogen-bond acceptors (Lipinski definition) is 2. The fraction of sp³-hybridized carbons (Fsp3) is 0.118. The molecule has 0 aliphatic carbocycles. The molecule has 0 radical (unpaired) electrons. The van der Waals surface area contributed by atoms with Gasteiger partial charge in [0.25, 0.3) is 0 Å². The third kappa shape index (κ3) is 2.55. The Morgan fingerprint density at radius 2 is 1.86 bits per heavy atom. The standard InChI is InChI=1S/C17H16IN3/c1-11-6-5-7-12(10-11)15-16(20-21(2)17(15)19)13-8-3-4-9-14(13)18/h3-10H,19H2,1-2H3. The van der Waals surface area contributed by atoms with E-state index < -0.39 is 0 Å². The molecule has 0 amide bonds. The molecule has 2 aromatic carbocycles. The third-order valence-corrected chi connectivity index (χ3v) is 4.47. The van der Waals surface area contributed by atoms with E-state index in [1.54, 1.807) is 4.68 Å². The molecule has 0 spiro atoms. The van der Waals surface area contributed by atoms with E-state index in [4.69, 9.17) is 5.73 Å². The number of nitrogen functional groups attached to an aromatic ring is 1. The van der Waals surface area contributed by atoms with Crippen LogP contribution in [0, 0.1) is 10.5 Å². The third-order valence-electron chi connectivity index (χ3n) is 3.53. The Kier molecular flexibility index (Phi) is 3.71. The van der Waals surface area contributed by atoms with Gasteiger partial charge in [-0.2, -0.15) is 5.10 Å². The molecule has 4 heteroatoms. The summed E-state index contributed by atoms with van der Waals surface area (Å²) in [5.74, 6) is 0.690. The van der Waals surface area contributed by atoms with E-state index in [0.717, 1.165) is 22.4 Å². The predicted molar refractivity (Wildman–Crippen MR) is 95.9 cm³/mol. The molecule has 0 saturated heterocycles. The lowest BCUT2D eigenvalue weighted by Gasteiger charge is -2.07. The van der Waals surface area contributed by atoms with E-state index in [1.165, 1.54) is 9.13 Å². The fourth-order valence-corrected chi connectivity index (χ4v) is 3.11. The molecule has 0 saturated carbocycles. The Hall–Kier alpha value is -1.82. The molecular formula is C17H16IN3. The van der Waals surface area contributed by atoms with Crippen LogP contribution >= 0.6 is 22.6 Å². The molecule has 0 fully saturated rings. The number of halogens is 1. The van der Waals surface area contributed by atoms with Crippen molar-refractivity contribution in [2.75, 3.05) is 5.73 Å². The topological polar surface area (TPSA) is 43.8 Å². The Bertz CT molecular complexity index is 806. The van der Waals surface area contributed by atoms with E-state index in [1.807, 2.05) is 19.2 Å². The molecule has 3 rings (SSSR count). The number of rotatable bonds is 2. The van der Waals surface area contributed by atoms with Gasteiger partial charge in [0.1, 0.15) is 11.5 Å². The zero-order valence-corrected chi connectivity index (χ0v) is 14.1. The van der Waals surface area contributed by atoms with Crippen LogP contribution in [-0.2, 0) is 7.05 Å². The van der Waals surface area contributed by atoms with Crippen molar-refractivity contribution in [2.45, 2.75) is 6.92 Å². The van der Waals surface area contributed by atoms with E-state index >= 15 is 0 Å². The first-order valence-electron chi connectivity index (χ1n) is 6.72. The van der Waals surface area contributed by atoms with Crippen LogP contribution in [0.1, 0.15) is 5.56 Å². The van der Waals surface area contributed by atoms with Gasteiger partial charge in [0.15, 0.2) is 0 Å². The molecule has 0 bridgehead atoms. The van der Waals surface area contributed by atoms with Crippen molar-refractivity contribution in [2.24, 2.45) is 7.05 Å². The Labute approximate surface area is 137 Å². The first-order chi connectivity index (χ1) is 10.1. The maximum atomic E-state index is 6.27. The average molecular weight is 389 g/mol. The van der Waals surface area contributed by atoms with Gasteiger partial charge in [-0.25, -0.2) is 0 Å². The normalized spacial score (nSPS) is 10.8. The number of hydrogen-bond donors (Lipinski definition) is 1. The summed E-state index contributed by atoms with van der Waals surface area (Å²) in [5.41, 5.74) is 11.6. The van der Waals surface area contributed by atoms with Crippen LogP contribution in [0.5, 0.6) is 0 Å². The fourth-order valence-electron chi connectivity index (χ4n) is 2.46. The molecule has 0 atom stereocenters. The molecule has 0 aliphatic heterocycles. The van der Waals surface area contributed by atoms with Crippen molar-refractivity contribution in [3.63, 3.8) is 0 Å². The second-order valence-corrected chi connectivity index (χ2v) is 6.24. The summed E-state index contributed by atoms with van der Waals surface area (Å²) in [6, 6.07) is 16.6. The van der Waals surface area contributed by atoms with Gasteiger partial charge in [-0.05, 0) is 41.1 Å². The van der Waals surface area contributed by atoms with Crippen molar-refractivity contribution in [1.29, 1.82) is 0 Å². The van der Waals surface area contributed by atoms with Crippen molar-refractivity contribution in [1.82, 2.24) is 9.78 Å². The first-order valence-corrected chi connectivity index (χ1v) is 7.80. The molecule has 0 aliphatic rings.